The summed E-state index contributed by atoms with van der Waals surface area (Å²) in [6, 6.07) is 0. The molecule has 0 rings (SSSR count). The van der Waals surface area contributed by atoms with Crippen LogP contribution in [0.4, 0.5) is 0 Å². The molecular weight excluding hydrogens is 356 g/mol. The number of aliphatic hydroxyl groups is 3. The van der Waals surface area contributed by atoms with E-state index in [9.17, 15) is 4.79 Å². The van der Waals surface area contributed by atoms with E-state index in [1.54, 1.807) is 0 Å². The first kappa shape index (κ1) is 26.3. The second kappa shape index (κ2) is 20.1. The molecule has 0 fully saturated rings. The Kier molecular flexibility index (Phi) is 18.8. The van der Waals surface area contributed by atoms with Crippen LogP contribution in [0.15, 0.2) is 48.6 Å². The summed E-state index contributed by atoms with van der Waals surface area (Å²) in [5, 5.41) is 26.8. The molecule has 28 heavy (non-hydrogen) atoms. The van der Waals surface area contributed by atoms with Crippen LogP contribution in [0.5, 0.6) is 0 Å². The van der Waals surface area contributed by atoms with Gasteiger partial charge in [0.2, 0.25) is 0 Å². The number of hydrogen-bond donors (Lipinski definition) is 3. The summed E-state index contributed by atoms with van der Waals surface area (Å²) in [4.78, 5) is 11.4. The second-order valence-electron chi connectivity index (χ2n) is 6.78. The van der Waals surface area contributed by atoms with Crippen molar-refractivity contribution in [3.8, 4) is 0 Å². The van der Waals surface area contributed by atoms with Crippen molar-refractivity contribution in [3.63, 3.8) is 0 Å². The van der Waals surface area contributed by atoms with Gasteiger partial charge in [-0.3, -0.25) is 4.79 Å². The van der Waals surface area contributed by atoms with E-state index in [0.29, 0.717) is 12.8 Å². The number of carbonyl (C=O) groups is 1. The highest BCUT2D eigenvalue weighted by Crippen LogP contribution is 2.02. The average molecular weight is 395 g/mol. The molecule has 160 valence electrons. The Bertz CT molecular complexity index is 477. The molecule has 0 unspecified atom stereocenters. The number of unbranched alkanes of at least 4 members (excludes halogenated alkanes) is 2. The van der Waals surface area contributed by atoms with E-state index < -0.39 is 12.7 Å². The van der Waals surface area contributed by atoms with Crippen molar-refractivity contribution in [3.05, 3.63) is 48.6 Å². The molecule has 0 aromatic rings. The lowest BCUT2D eigenvalue weighted by Crippen LogP contribution is -2.21. The Balaban J connectivity index is 3.51. The fourth-order valence-electron chi connectivity index (χ4n) is 2.26. The number of ether oxygens (including phenoxy) is 1. The molecule has 0 aliphatic carbocycles. The maximum absolute atomic E-state index is 11.4. The minimum absolute atomic E-state index is 0.148. The van der Waals surface area contributed by atoms with Crippen LogP contribution in [-0.4, -0.2) is 46.7 Å². The topological polar surface area (TPSA) is 87.0 Å². The molecule has 0 aliphatic rings. The molecule has 5 nitrogen and oxygen atoms in total. The summed E-state index contributed by atoms with van der Waals surface area (Å²) < 4.78 is 4.82. The first-order chi connectivity index (χ1) is 13.6. The van der Waals surface area contributed by atoms with Gasteiger partial charge in [0.1, 0.15) is 12.7 Å². The second-order valence-corrected chi connectivity index (χ2v) is 6.78. The summed E-state index contributed by atoms with van der Waals surface area (Å²) in [7, 11) is 0. The third-order valence-electron chi connectivity index (χ3n) is 3.88. The van der Waals surface area contributed by atoms with Crippen LogP contribution >= 0.6 is 0 Å². The molecule has 0 aliphatic heterocycles. The lowest BCUT2D eigenvalue weighted by molar-refractivity contribution is -0.147. The van der Waals surface area contributed by atoms with E-state index in [4.69, 9.17) is 20.1 Å². The number of allylic oxidation sites excluding steroid dienone is 8. The van der Waals surface area contributed by atoms with E-state index in [2.05, 4.69) is 48.6 Å². The summed E-state index contributed by atoms with van der Waals surface area (Å²) >= 11 is 0. The molecule has 0 saturated carbocycles. The third kappa shape index (κ3) is 20.6. The molecule has 0 aromatic heterocycles. The van der Waals surface area contributed by atoms with Crippen LogP contribution in [-0.2, 0) is 9.53 Å². The van der Waals surface area contributed by atoms with Crippen molar-refractivity contribution in [2.75, 3.05) is 13.2 Å². The maximum atomic E-state index is 11.4. The van der Waals surface area contributed by atoms with Crippen LogP contribution in [0, 0.1) is 0 Å². The molecule has 2 atom stereocenters. The summed E-state index contributed by atoms with van der Waals surface area (Å²) in [5.74, 6) is -0.345. The van der Waals surface area contributed by atoms with Gasteiger partial charge >= 0.3 is 5.97 Å². The molecule has 3 N–H and O–H groups in total. The van der Waals surface area contributed by atoms with Crippen LogP contribution in [0.1, 0.15) is 64.7 Å². The van der Waals surface area contributed by atoms with E-state index in [1.807, 2.05) is 6.92 Å². The van der Waals surface area contributed by atoms with Crippen LogP contribution < -0.4 is 0 Å². The van der Waals surface area contributed by atoms with Crippen molar-refractivity contribution in [2.45, 2.75) is 76.9 Å². The van der Waals surface area contributed by atoms with Gasteiger partial charge in [0.15, 0.2) is 0 Å². The molecule has 0 bridgehead atoms. The molecular formula is C23H38O5. The normalized spacial score (nSPS) is 14.6. The van der Waals surface area contributed by atoms with E-state index >= 15 is 0 Å². The van der Waals surface area contributed by atoms with Gasteiger partial charge in [-0.15, -0.1) is 0 Å². The molecule has 0 heterocycles. The van der Waals surface area contributed by atoms with E-state index in [-0.39, 0.29) is 18.7 Å². The fourth-order valence-corrected chi connectivity index (χ4v) is 2.26. The molecule has 0 saturated heterocycles. The van der Waals surface area contributed by atoms with Gasteiger partial charge in [-0.2, -0.15) is 0 Å². The zero-order valence-corrected chi connectivity index (χ0v) is 17.2. The smallest absolute Gasteiger partial charge is 0.305 e. The predicted molar refractivity (Wildman–Crippen MR) is 114 cm³/mol. The van der Waals surface area contributed by atoms with Gasteiger partial charge in [-0.05, 0) is 58.3 Å². The summed E-state index contributed by atoms with van der Waals surface area (Å²) in [5.41, 5.74) is 0. The summed E-state index contributed by atoms with van der Waals surface area (Å²) in [6.07, 6.45) is 23.4. The van der Waals surface area contributed by atoms with Crippen molar-refractivity contribution < 1.29 is 24.9 Å². The van der Waals surface area contributed by atoms with Crippen LogP contribution in [0.25, 0.3) is 0 Å². The quantitative estimate of drug-likeness (QED) is 0.197. The monoisotopic (exact) mass is 394 g/mol. The first-order valence-corrected chi connectivity index (χ1v) is 10.3. The number of rotatable bonds is 17. The van der Waals surface area contributed by atoms with Gasteiger partial charge < -0.3 is 20.1 Å². The SMILES string of the molecule is C[C@@H](O)CCC/C=C\C/C=C\C/C=C\C/C=C\CCCC(=O)OC[C@@H](O)CO. The lowest BCUT2D eigenvalue weighted by atomic mass is 10.1. The largest absolute Gasteiger partial charge is 0.463 e. The van der Waals surface area contributed by atoms with Gasteiger partial charge in [0, 0.05) is 6.42 Å². The maximum Gasteiger partial charge on any atom is 0.305 e. The van der Waals surface area contributed by atoms with E-state index in [0.717, 1.165) is 44.9 Å². The highest BCUT2D eigenvalue weighted by Gasteiger charge is 2.06. The van der Waals surface area contributed by atoms with Crippen molar-refractivity contribution in [1.29, 1.82) is 0 Å². The highest BCUT2D eigenvalue weighted by molar-refractivity contribution is 5.69. The van der Waals surface area contributed by atoms with Gasteiger partial charge in [0.25, 0.3) is 0 Å². The van der Waals surface area contributed by atoms with Crippen molar-refractivity contribution in [1.82, 2.24) is 0 Å². The van der Waals surface area contributed by atoms with Crippen molar-refractivity contribution in [2.24, 2.45) is 0 Å². The zero-order valence-electron chi connectivity index (χ0n) is 17.2. The number of carbonyl (C=O) groups excluding carboxylic acids is 1. The number of aliphatic hydroxyl groups excluding tert-OH is 3. The number of esters is 1. The standard InChI is InChI=1S/C23H38O5/c1-21(25)17-15-13-11-9-7-5-3-2-4-6-8-10-12-14-16-18-23(27)28-20-22(26)19-24/h3-6,9-12,21-22,24-26H,2,7-8,13-20H2,1H3/b5-3-,6-4-,11-9-,12-10-/t21-,22+/m1/s1. The van der Waals surface area contributed by atoms with Crippen LogP contribution in [0.2, 0.25) is 0 Å². The zero-order chi connectivity index (χ0) is 20.9. The lowest BCUT2D eigenvalue weighted by Gasteiger charge is -2.07. The molecule has 0 radical (unpaired) electrons. The van der Waals surface area contributed by atoms with Crippen LogP contribution in [0.3, 0.4) is 0 Å². The van der Waals surface area contributed by atoms with Gasteiger partial charge in [-0.1, -0.05) is 48.6 Å². The first-order valence-electron chi connectivity index (χ1n) is 10.3. The Morgan fingerprint density at radius 1 is 0.857 bits per heavy atom. The Morgan fingerprint density at radius 2 is 1.36 bits per heavy atom. The third-order valence-corrected chi connectivity index (χ3v) is 3.88. The Hall–Kier alpha value is -1.69. The predicted octanol–water partition coefficient (Wildman–Crippen LogP) is 4.00. The Labute approximate surface area is 170 Å². The fraction of sp³-hybridized carbons (Fsp3) is 0.609. The molecule has 5 heteroatoms. The molecule has 0 aromatic carbocycles. The minimum atomic E-state index is -0.992. The van der Waals surface area contributed by atoms with Gasteiger partial charge in [0.05, 0.1) is 12.7 Å². The van der Waals surface area contributed by atoms with Gasteiger partial charge in [-0.25, -0.2) is 0 Å². The number of hydrogen-bond acceptors (Lipinski definition) is 5. The Morgan fingerprint density at radius 3 is 1.86 bits per heavy atom. The molecule has 0 spiro atoms. The highest BCUT2D eigenvalue weighted by atomic mass is 16.5. The molecule has 0 amide bonds. The average Bonchev–Trinajstić information content (AvgIpc) is 2.68. The van der Waals surface area contributed by atoms with Crippen molar-refractivity contribution >= 4 is 5.97 Å². The minimum Gasteiger partial charge on any atom is -0.463 e. The summed E-state index contributed by atoms with van der Waals surface area (Å²) in [6.45, 7) is 1.28. The van der Waals surface area contributed by atoms with E-state index in [1.165, 1.54) is 0 Å².